The highest BCUT2D eigenvalue weighted by Crippen LogP contribution is 2.21. The molecule has 3 rings (SSSR count). The average Bonchev–Trinajstić information content (AvgIpc) is 2.48. The maximum absolute atomic E-state index is 10.3. The van der Waals surface area contributed by atoms with Gasteiger partial charge in [0.15, 0.2) is 0 Å². The quantitative estimate of drug-likeness (QED) is 0.835. The molecule has 4 heteroatoms. The van der Waals surface area contributed by atoms with Crippen molar-refractivity contribution in [3.05, 3.63) is 65.7 Å². The van der Waals surface area contributed by atoms with Gasteiger partial charge in [0.1, 0.15) is 23.7 Å². The Morgan fingerprint density at radius 2 is 1.75 bits per heavy atom. The summed E-state index contributed by atoms with van der Waals surface area (Å²) in [5.41, 5.74) is 1.11. The molecule has 2 N–H and O–H groups in total. The van der Waals surface area contributed by atoms with E-state index in [-0.39, 0.29) is 11.3 Å². The van der Waals surface area contributed by atoms with Gasteiger partial charge in [0, 0.05) is 5.56 Å². The summed E-state index contributed by atoms with van der Waals surface area (Å²) in [6.07, 6.45) is 4.10. The first-order valence-corrected chi connectivity index (χ1v) is 6.08. The molecule has 1 aliphatic rings. The predicted molar refractivity (Wildman–Crippen MR) is 76.0 cm³/mol. The molecule has 0 spiro atoms. The van der Waals surface area contributed by atoms with Gasteiger partial charge in [-0.15, -0.1) is 0 Å². The maximum Gasteiger partial charge on any atom is 0.339 e. The van der Waals surface area contributed by atoms with Crippen molar-refractivity contribution in [2.24, 2.45) is 0 Å². The number of carboxylic acids is 1. The number of aromatic hydroxyl groups is 1. The second-order valence-electron chi connectivity index (χ2n) is 4.07. The average molecular weight is 270 g/mol. The summed E-state index contributed by atoms with van der Waals surface area (Å²) in [4.78, 5) is 10.3. The van der Waals surface area contributed by atoms with E-state index in [4.69, 9.17) is 14.9 Å². The van der Waals surface area contributed by atoms with Crippen LogP contribution in [0.25, 0.3) is 6.08 Å². The van der Waals surface area contributed by atoms with Gasteiger partial charge in [0.05, 0.1) is 0 Å². The van der Waals surface area contributed by atoms with Crippen molar-refractivity contribution in [1.29, 1.82) is 0 Å². The number of ether oxygens (including phenoxy) is 1. The molecule has 20 heavy (non-hydrogen) atoms. The molecule has 0 unspecified atom stereocenters. The molecule has 102 valence electrons. The third-order valence-corrected chi connectivity index (χ3v) is 2.69. The number of phenols is 1. The number of aromatic carboxylic acids is 1. The van der Waals surface area contributed by atoms with E-state index in [1.807, 2.05) is 30.3 Å². The summed E-state index contributed by atoms with van der Waals surface area (Å²) in [5.74, 6) is -0.321. The zero-order valence-electron chi connectivity index (χ0n) is 10.7. The molecule has 0 atom stereocenters. The molecule has 0 radical (unpaired) electrons. The molecule has 4 nitrogen and oxygen atoms in total. The van der Waals surface area contributed by atoms with Gasteiger partial charge in [-0.05, 0) is 24.3 Å². The van der Waals surface area contributed by atoms with Crippen molar-refractivity contribution in [2.75, 3.05) is 6.61 Å². The lowest BCUT2D eigenvalue weighted by molar-refractivity contribution is 0.0693. The molecule has 2 aromatic carbocycles. The van der Waals surface area contributed by atoms with Crippen molar-refractivity contribution in [1.82, 2.24) is 0 Å². The number of fused-ring (bicyclic) bond motifs is 1. The second-order valence-corrected chi connectivity index (χ2v) is 4.07. The number of carbonyl (C=O) groups is 1. The van der Waals surface area contributed by atoms with Crippen LogP contribution >= 0.6 is 0 Å². The van der Waals surface area contributed by atoms with Gasteiger partial charge < -0.3 is 14.9 Å². The fourth-order valence-corrected chi connectivity index (χ4v) is 1.72. The minimum absolute atomic E-state index is 0.0671. The summed E-state index contributed by atoms with van der Waals surface area (Å²) in [5, 5.41) is 17.3. The lowest BCUT2D eigenvalue weighted by Crippen LogP contribution is -1.98. The molecule has 2 aromatic rings. The van der Waals surface area contributed by atoms with Gasteiger partial charge in [-0.25, -0.2) is 4.79 Å². The smallest absolute Gasteiger partial charge is 0.339 e. The van der Waals surface area contributed by atoms with Gasteiger partial charge in [0.25, 0.3) is 0 Å². The number of hydrogen-bond acceptors (Lipinski definition) is 3. The van der Waals surface area contributed by atoms with E-state index < -0.39 is 5.97 Å². The van der Waals surface area contributed by atoms with Gasteiger partial charge >= 0.3 is 5.97 Å². The van der Waals surface area contributed by atoms with Gasteiger partial charge in [0.2, 0.25) is 0 Å². The molecular weight excluding hydrogens is 256 g/mol. The van der Waals surface area contributed by atoms with Crippen molar-refractivity contribution in [2.45, 2.75) is 0 Å². The first kappa shape index (κ1) is 13.7. The second kappa shape index (κ2) is 6.43. The van der Waals surface area contributed by atoms with Gasteiger partial charge in [-0.1, -0.05) is 36.4 Å². The lowest BCUT2D eigenvalue weighted by Gasteiger charge is -2.10. The van der Waals surface area contributed by atoms with Crippen LogP contribution in [-0.4, -0.2) is 22.8 Å². The van der Waals surface area contributed by atoms with Crippen LogP contribution in [0, 0.1) is 0 Å². The molecule has 1 heterocycles. The maximum atomic E-state index is 10.3. The van der Waals surface area contributed by atoms with Crippen LogP contribution in [0.5, 0.6) is 11.5 Å². The normalized spacial score (nSPS) is 11.6. The van der Waals surface area contributed by atoms with E-state index in [1.165, 1.54) is 17.7 Å². The number of carboxylic acid groups (broad SMARTS) is 1. The largest absolute Gasteiger partial charge is 0.507 e. The summed E-state index contributed by atoms with van der Waals surface area (Å²) in [6, 6.07) is 13.8. The first-order valence-electron chi connectivity index (χ1n) is 6.08. The minimum atomic E-state index is -1.11. The van der Waals surface area contributed by atoms with Crippen LogP contribution in [0.2, 0.25) is 0 Å². The highest BCUT2D eigenvalue weighted by molar-refractivity contribution is 5.90. The monoisotopic (exact) mass is 270 g/mol. The van der Waals surface area contributed by atoms with E-state index in [0.717, 1.165) is 5.75 Å². The summed E-state index contributed by atoms with van der Waals surface area (Å²) in [6.45, 7) is 0.705. The van der Waals surface area contributed by atoms with E-state index in [9.17, 15) is 4.79 Å². The molecule has 0 aliphatic carbocycles. The summed E-state index contributed by atoms with van der Waals surface area (Å²) in [7, 11) is 0. The minimum Gasteiger partial charge on any atom is -0.507 e. The van der Waals surface area contributed by atoms with Crippen LogP contribution in [0.15, 0.2) is 54.6 Å². The topological polar surface area (TPSA) is 66.8 Å². The Balaban J connectivity index is 0.000000147. The van der Waals surface area contributed by atoms with E-state index in [0.29, 0.717) is 6.61 Å². The van der Waals surface area contributed by atoms with Crippen molar-refractivity contribution >= 4 is 12.0 Å². The summed E-state index contributed by atoms with van der Waals surface area (Å²) < 4.78 is 5.34. The van der Waals surface area contributed by atoms with Gasteiger partial charge in [-0.2, -0.15) is 0 Å². The third-order valence-electron chi connectivity index (χ3n) is 2.69. The molecule has 1 aliphatic heterocycles. The molecule has 0 aromatic heterocycles. The Morgan fingerprint density at radius 1 is 1.05 bits per heavy atom. The number of para-hydroxylation sites is 2. The fraction of sp³-hybridized carbons (Fsp3) is 0.0625. The Hall–Kier alpha value is -2.75. The molecular formula is C16H14O4. The van der Waals surface area contributed by atoms with Gasteiger partial charge in [-0.3, -0.25) is 0 Å². The van der Waals surface area contributed by atoms with Crippen molar-refractivity contribution in [3.8, 4) is 11.5 Å². The molecule has 0 amide bonds. The van der Waals surface area contributed by atoms with Crippen molar-refractivity contribution in [3.63, 3.8) is 0 Å². The van der Waals surface area contributed by atoms with E-state index >= 15 is 0 Å². The third kappa shape index (κ3) is 3.38. The first-order chi connectivity index (χ1) is 9.68. The standard InChI is InChI=1S/C9H8O.C7H6O3/c1-2-6-9-8(4-1)5-3-7-10-9;8-6-4-2-1-3-5(6)7(9)10/h1-6H,7H2;1-4,8H,(H,9,10). The van der Waals surface area contributed by atoms with E-state index in [1.54, 1.807) is 12.1 Å². The Kier molecular flexibility index (Phi) is 4.39. The zero-order chi connectivity index (χ0) is 14.4. The highest BCUT2D eigenvalue weighted by atomic mass is 16.5. The van der Waals surface area contributed by atoms with Crippen LogP contribution in [0.4, 0.5) is 0 Å². The number of rotatable bonds is 1. The molecule has 0 saturated heterocycles. The van der Waals surface area contributed by atoms with Crippen molar-refractivity contribution < 1.29 is 19.7 Å². The van der Waals surface area contributed by atoms with Crippen LogP contribution < -0.4 is 4.74 Å². The van der Waals surface area contributed by atoms with Crippen LogP contribution in [-0.2, 0) is 0 Å². The molecule has 0 saturated carbocycles. The Bertz CT molecular complexity index is 632. The predicted octanol–water partition coefficient (Wildman–Crippen LogP) is 3.18. The number of hydrogen-bond donors (Lipinski definition) is 2. The van der Waals surface area contributed by atoms with Crippen LogP contribution in [0.3, 0.4) is 0 Å². The van der Waals surface area contributed by atoms with E-state index in [2.05, 4.69) is 6.08 Å². The molecule has 0 fully saturated rings. The number of benzene rings is 2. The summed E-state index contributed by atoms with van der Waals surface area (Å²) >= 11 is 0. The fourth-order valence-electron chi connectivity index (χ4n) is 1.72. The lowest BCUT2D eigenvalue weighted by atomic mass is 10.1. The Morgan fingerprint density at radius 3 is 2.40 bits per heavy atom. The zero-order valence-corrected chi connectivity index (χ0v) is 10.7. The van der Waals surface area contributed by atoms with Crippen LogP contribution in [0.1, 0.15) is 15.9 Å². The highest BCUT2D eigenvalue weighted by Gasteiger charge is 2.05. The Labute approximate surface area is 116 Å². The molecule has 0 bridgehead atoms. The SMILES string of the molecule is C1=Cc2ccccc2OC1.O=C(O)c1ccccc1O.